The molecule has 1 aromatic heterocycles. The Morgan fingerprint density at radius 3 is 2.88 bits per heavy atom. The highest BCUT2D eigenvalue weighted by atomic mass is 79.9. The minimum atomic E-state index is -0.00879. The number of halogens is 1. The molecule has 0 amide bonds. The van der Waals surface area contributed by atoms with Crippen molar-refractivity contribution in [2.24, 2.45) is 0 Å². The lowest BCUT2D eigenvalue weighted by molar-refractivity contribution is 0.282. The number of nitrogens with zero attached hydrogens (tertiary/aromatic N) is 2. The molecule has 2 rings (SSSR count). The van der Waals surface area contributed by atoms with E-state index in [9.17, 15) is 0 Å². The number of hydrogen-bond donors (Lipinski definition) is 1. The van der Waals surface area contributed by atoms with Gasteiger partial charge in [-0.2, -0.15) is 5.10 Å². The molecule has 0 aliphatic heterocycles. The molecule has 2 aromatic rings. The van der Waals surface area contributed by atoms with Gasteiger partial charge in [0, 0.05) is 22.3 Å². The molecule has 0 saturated carbocycles. The molecule has 0 aliphatic rings. The summed E-state index contributed by atoms with van der Waals surface area (Å²) in [6, 6.07) is 5.68. The van der Waals surface area contributed by atoms with Crippen LogP contribution in [0.5, 0.6) is 5.75 Å². The number of rotatable bonds is 3. The quantitative estimate of drug-likeness (QED) is 0.938. The fourth-order valence-corrected chi connectivity index (χ4v) is 1.84. The van der Waals surface area contributed by atoms with E-state index in [0.29, 0.717) is 0 Å². The number of ether oxygens (including phenoxy) is 1. The first-order valence-corrected chi connectivity index (χ1v) is 5.51. The van der Waals surface area contributed by atoms with Crippen LogP contribution in [0.1, 0.15) is 5.56 Å². The van der Waals surface area contributed by atoms with Gasteiger partial charge >= 0.3 is 0 Å². The number of aliphatic hydroxyl groups is 1. The third-order valence-electron chi connectivity index (χ3n) is 2.17. The molecule has 0 radical (unpaired) electrons. The summed E-state index contributed by atoms with van der Waals surface area (Å²) in [5, 5.41) is 13.1. The second-order valence-electron chi connectivity index (χ2n) is 3.30. The van der Waals surface area contributed by atoms with E-state index in [0.717, 1.165) is 21.5 Å². The van der Waals surface area contributed by atoms with Gasteiger partial charge in [0.25, 0.3) is 0 Å². The van der Waals surface area contributed by atoms with Crippen LogP contribution in [-0.2, 0) is 6.61 Å². The van der Waals surface area contributed by atoms with Crippen LogP contribution in [0.3, 0.4) is 0 Å². The van der Waals surface area contributed by atoms with Crippen molar-refractivity contribution in [3.05, 3.63) is 40.6 Å². The SMILES string of the molecule is COc1cc(Br)cc(-n2cc(CO)cn2)c1. The standard InChI is InChI=1S/C11H11BrN2O2/c1-16-11-3-9(12)2-10(4-11)14-6-8(7-15)5-13-14/h2-6,15H,7H2,1H3. The first-order valence-electron chi connectivity index (χ1n) is 4.72. The summed E-state index contributed by atoms with van der Waals surface area (Å²) < 4.78 is 7.78. The lowest BCUT2D eigenvalue weighted by atomic mass is 10.3. The van der Waals surface area contributed by atoms with Crippen molar-refractivity contribution in [2.45, 2.75) is 6.61 Å². The Morgan fingerprint density at radius 1 is 1.44 bits per heavy atom. The maximum Gasteiger partial charge on any atom is 0.122 e. The van der Waals surface area contributed by atoms with Crippen LogP contribution in [-0.4, -0.2) is 22.0 Å². The van der Waals surface area contributed by atoms with Gasteiger partial charge in [0.05, 0.1) is 25.6 Å². The summed E-state index contributed by atoms with van der Waals surface area (Å²) in [5.41, 5.74) is 1.66. The summed E-state index contributed by atoms with van der Waals surface area (Å²) in [7, 11) is 1.62. The lowest BCUT2D eigenvalue weighted by Gasteiger charge is -2.05. The molecular weight excluding hydrogens is 272 g/mol. The zero-order valence-electron chi connectivity index (χ0n) is 8.72. The normalized spacial score (nSPS) is 10.4. The van der Waals surface area contributed by atoms with Gasteiger partial charge in [-0.1, -0.05) is 15.9 Å². The van der Waals surface area contributed by atoms with Crippen LogP contribution >= 0.6 is 15.9 Å². The second-order valence-corrected chi connectivity index (χ2v) is 4.22. The Morgan fingerprint density at radius 2 is 2.25 bits per heavy atom. The number of aromatic nitrogens is 2. The highest BCUT2D eigenvalue weighted by Gasteiger charge is 2.03. The maximum absolute atomic E-state index is 8.97. The van der Waals surface area contributed by atoms with Crippen LogP contribution in [0, 0.1) is 0 Å². The molecule has 4 nitrogen and oxygen atoms in total. The van der Waals surface area contributed by atoms with Crippen LogP contribution in [0.2, 0.25) is 0 Å². The summed E-state index contributed by atoms with van der Waals surface area (Å²) in [6.07, 6.45) is 3.41. The molecule has 5 heteroatoms. The van der Waals surface area contributed by atoms with Crippen molar-refractivity contribution in [2.75, 3.05) is 7.11 Å². The van der Waals surface area contributed by atoms with Crippen molar-refractivity contribution >= 4 is 15.9 Å². The number of hydrogen-bond acceptors (Lipinski definition) is 3. The summed E-state index contributed by atoms with van der Waals surface area (Å²) in [5.74, 6) is 0.755. The molecule has 16 heavy (non-hydrogen) atoms. The average molecular weight is 283 g/mol. The number of methoxy groups -OCH3 is 1. The first kappa shape index (κ1) is 11.2. The number of aliphatic hydroxyl groups excluding tert-OH is 1. The predicted molar refractivity (Wildman–Crippen MR) is 63.7 cm³/mol. The van der Waals surface area contributed by atoms with Crippen molar-refractivity contribution < 1.29 is 9.84 Å². The Bertz CT molecular complexity index is 496. The van der Waals surface area contributed by atoms with E-state index >= 15 is 0 Å². The largest absolute Gasteiger partial charge is 0.497 e. The van der Waals surface area contributed by atoms with E-state index in [4.69, 9.17) is 9.84 Å². The second kappa shape index (κ2) is 4.67. The zero-order chi connectivity index (χ0) is 11.5. The topological polar surface area (TPSA) is 47.3 Å². The van der Waals surface area contributed by atoms with E-state index in [1.807, 2.05) is 18.2 Å². The molecule has 0 bridgehead atoms. The Hall–Kier alpha value is -1.33. The van der Waals surface area contributed by atoms with Gasteiger partial charge in [-0.05, 0) is 12.1 Å². The van der Waals surface area contributed by atoms with E-state index in [1.165, 1.54) is 0 Å². The van der Waals surface area contributed by atoms with E-state index in [1.54, 1.807) is 24.2 Å². The molecule has 1 aromatic carbocycles. The van der Waals surface area contributed by atoms with Crippen molar-refractivity contribution in [1.82, 2.24) is 9.78 Å². The fraction of sp³-hybridized carbons (Fsp3) is 0.182. The third kappa shape index (κ3) is 2.25. The molecule has 0 fully saturated rings. The monoisotopic (exact) mass is 282 g/mol. The number of benzene rings is 1. The Balaban J connectivity index is 2.42. The Kier molecular flexibility index (Phi) is 3.26. The minimum Gasteiger partial charge on any atom is -0.497 e. The first-order chi connectivity index (χ1) is 7.72. The van der Waals surface area contributed by atoms with Crippen molar-refractivity contribution in [3.63, 3.8) is 0 Å². The van der Waals surface area contributed by atoms with Crippen LogP contribution in [0.4, 0.5) is 0 Å². The van der Waals surface area contributed by atoms with E-state index in [2.05, 4.69) is 21.0 Å². The maximum atomic E-state index is 8.97. The van der Waals surface area contributed by atoms with Crippen LogP contribution in [0.15, 0.2) is 35.1 Å². The van der Waals surface area contributed by atoms with Gasteiger partial charge in [-0.15, -0.1) is 0 Å². The van der Waals surface area contributed by atoms with Gasteiger partial charge in [0.15, 0.2) is 0 Å². The molecule has 0 unspecified atom stereocenters. The molecule has 0 saturated heterocycles. The molecule has 84 valence electrons. The molecule has 0 atom stereocenters. The van der Waals surface area contributed by atoms with Gasteiger partial charge in [-0.25, -0.2) is 4.68 Å². The minimum absolute atomic E-state index is 0.00879. The van der Waals surface area contributed by atoms with Gasteiger partial charge < -0.3 is 9.84 Å². The zero-order valence-corrected chi connectivity index (χ0v) is 10.3. The summed E-state index contributed by atoms with van der Waals surface area (Å²) >= 11 is 3.40. The van der Waals surface area contributed by atoms with Crippen LogP contribution < -0.4 is 4.74 Å². The van der Waals surface area contributed by atoms with Gasteiger partial charge in [-0.3, -0.25) is 0 Å². The third-order valence-corrected chi connectivity index (χ3v) is 2.63. The Labute approximate surface area is 102 Å². The molecule has 1 heterocycles. The fourth-order valence-electron chi connectivity index (χ4n) is 1.38. The van der Waals surface area contributed by atoms with Crippen LogP contribution in [0.25, 0.3) is 5.69 Å². The molecule has 1 N–H and O–H groups in total. The molecule has 0 spiro atoms. The molecule has 0 aliphatic carbocycles. The van der Waals surface area contributed by atoms with Gasteiger partial charge in [0.1, 0.15) is 5.75 Å². The van der Waals surface area contributed by atoms with E-state index in [-0.39, 0.29) is 6.61 Å². The van der Waals surface area contributed by atoms with Crippen molar-refractivity contribution in [3.8, 4) is 11.4 Å². The average Bonchev–Trinajstić information content (AvgIpc) is 2.76. The highest BCUT2D eigenvalue weighted by molar-refractivity contribution is 9.10. The summed E-state index contributed by atoms with van der Waals surface area (Å²) in [6.45, 7) is -0.00879. The smallest absolute Gasteiger partial charge is 0.122 e. The molecular formula is C11H11BrN2O2. The highest BCUT2D eigenvalue weighted by Crippen LogP contribution is 2.23. The van der Waals surface area contributed by atoms with Gasteiger partial charge in [0.2, 0.25) is 0 Å². The lowest BCUT2D eigenvalue weighted by Crippen LogP contribution is -1.95. The summed E-state index contributed by atoms with van der Waals surface area (Å²) in [4.78, 5) is 0. The predicted octanol–water partition coefficient (Wildman–Crippen LogP) is 2.14. The van der Waals surface area contributed by atoms with E-state index < -0.39 is 0 Å². The van der Waals surface area contributed by atoms with Crippen molar-refractivity contribution in [1.29, 1.82) is 0 Å².